The molecule has 3 rings (SSSR count). The van der Waals surface area contributed by atoms with Crippen molar-refractivity contribution in [3.8, 4) is 5.75 Å². The van der Waals surface area contributed by atoms with E-state index in [0.717, 1.165) is 16.7 Å². The average molecular weight is 432 g/mol. The van der Waals surface area contributed by atoms with Crippen molar-refractivity contribution in [1.29, 1.82) is 0 Å². The van der Waals surface area contributed by atoms with Gasteiger partial charge in [0, 0.05) is 35.9 Å². The van der Waals surface area contributed by atoms with Crippen molar-refractivity contribution in [2.24, 2.45) is 0 Å². The molecule has 1 aliphatic rings. The predicted molar refractivity (Wildman–Crippen MR) is 114 cm³/mol. The molecule has 30 heavy (non-hydrogen) atoms. The number of carbonyl (C=O) groups is 2. The molecule has 1 saturated heterocycles. The Morgan fingerprint density at radius 3 is 2.50 bits per heavy atom. The summed E-state index contributed by atoms with van der Waals surface area (Å²) in [5.41, 5.74) is 2.23. The summed E-state index contributed by atoms with van der Waals surface area (Å²) in [4.78, 5) is 22.9. The van der Waals surface area contributed by atoms with Crippen LogP contribution in [0.4, 0.5) is 0 Å². The third-order valence-corrected chi connectivity index (χ3v) is 5.44. The topological polar surface area (TPSA) is 84.9 Å². The molecule has 0 radical (unpaired) electrons. The lowest BCUT2D eigenvalue weighted by Gasteiger charge is -2.43. The number of benzene rings is 2. The zero-order valence-corrected chi connectivity index (χ0v) is 18.0. The van der Waals surface area contributed by atoms with Gasteiger partial charge in [-0.05, 0) is 43.7 Å². The molecule has 6 nitrogen and oxygen atoms in total. The van der Waals surface area contributed by atoms with E-state index in [9.17, 15) is 9.59 Å². The maximum atomic E-state index is 11.9. The highest BCUT2D eigenvalue weighted by atomic mass is 35.5. The number of ether oxygens (including phenoxy) is 2. The average Bonchev–Trinajstić information content (AvgIpc) is 2.66. The summed E-state index contributed by atoms with van der Waals surface area (Å²) >= 11 is 6.04. The monoisotopic (exact) mass is 431 g/mol. The lowest BCUT2D eigenvalue weighted by atomic mass is 9.81. The van der Waals surface area contributed by atoms with Crippen LogP contribution in [0.15, 0.2) is 42.5 Å². The summed E-state index contributed by atoms with van der Waals surface area (Å²) in [5.74, 6) is -0.692. The van der Waals surface area contributed by atoms with Gasteiger partial charge in [-0.25, -0.2) is 4.79 Å². The molecule has 0 aromatic heterocycles. The van der Waals surface area contributed by atoms with Crippen LogP contribution in [0.5, 0.6) is 5.75 Å². The lowest BCUT2D eigenvalue weighted by molar-refractivity contribution is -0.139. The fourth-order valence-corrected chi connectivity index (χ4v) is 4.10. The molecular formula is C23H26ClNO5. The van der Waals surface area contributed by atoms with E-state index in [4.69, 9.17) is 26.2 Å². The van der Waals surface area contributed by atoms with Gasteiger partial charge < -0.3 is 19.9 Å². The maximum absolute atomic E-state index is 11.9. The van der Waals surface area contributed by atoms with E-state index >= 15 is 0 Å². The molecule has 2 aromatic rings. The highest BCUT2D eigenvalue weighted by Crippen LogP contribution is 2.46. The Labute approximate surface area is 181 Å². The number of nitrogens with one attached hydrogen (secondary N) is 1. The minimum Gasteiger partial charge on any atom is -0.482 e. The molecular weight excluding hydrogens is 406 g/mol. The van der Waals surface area contributed by atoms with Crippen LogP contribution in [0.25, 0.3) is 0 Å². The second-order valence-corrected chi connectivity index (χ2v) is 8.48. The number of rotatable bonds is 6. The summed E-state index contributed by atoms with van der Waals surface area (Å²) in [6.07, 6.45) is 0.469. The number of aryl methyl sites for hydroxylation is 1. The molecule has 1 fully saturated rings. The molecule has 0 aliphatic carbocycles. The molecule has 3 atom stereocenters. The summed E-state index contributed by atoms with van der Waals surface area (Å²) in [5, 5.41) is 12.7. The molecule has 0 bridgehead atoms. The van der Waals surface area contributed by atoms with Crippen LogP contribution >= 0.6 is 11.6 Å². The van der Waals surface area contributed by atoms with E-state index in [1.165, 1.54) is 6.92 Å². The largest absolute Gasteiger partial charge is 0.482 e. The van der Waals surface area contributed by atoms with Gasteiger partial charge in [0.05, 0.1) is 12.2 Å². The summed E-state index contributed by atoms with van der Waals surface area (Å²) in [6, 6.07) is 13.0. The minimum absolute atomic E-state index is 0.111. The number of carbonyl (C=O) groups excluding carboxylic acids is 1. The van der Waals surface area contributed by atoms with Crippen LogP contribution in [0, 0.1) is 6.92 Å². The Morgan fingerprint density at radius 2 is 1.87 bits per heavy atom. The van der Waals surface area contributed by atoms with Gasteiger partial charge in [0.1, 0.15) is 5.75 Å². The number of carboxylic acids is 1. The van der Waals surface area contributed by atoms with Gasteiger partial charge in [0.15, 0.2) is 6.61 Å². The lowest BCUT2D eigenvalue weighted by Crippen LogP contribution is -2.50. The van der Waals surface area contributed by atoms with Gasteiger partial charge in [0.25, 0.3) is 0 Å². The molecule has 1 heterocycles. The summed E-state index contributed by atoms with van der Waals surface area (Å²) < 4.78 is 12.0. The first kappa shape index (κ1) is 22.1. The zero-order valence-electron chi connectivity index (χ0n) is 17.3. The van der Waals surface area contributed by atoms with Crippen LogP contribution in [-0.4, -0.2) is 29.1 Å². The second kappa shape index (κ2) is 9.06. The summed E-state index contributed by atoms with van der Waals surface area (Å²) in [7, 11) is 0. The SMILES string of the molecule is CC(=O)N[C@@]1(C)C[C@@H](c2ccc(Cl)cc2)O[C@@H](c2cc(C)ccc2OCC(=O)O)C1. The van der Waals surface area contributed by atoms with Crippen LogP contribution in [0.2, 0.25) is 5.02 Å². The van der Waals surface area contributed by atoms with Gasteiger partial charge in [0.2, 0.25) is 5.91 Å². The standard InChI is InChI=1S/C23H26ClNO5/c1-14-4-9-19(29-13-22(27)28)18(10-14)21-12-23(3,25-15(2)26)11-20(30-21)16-5-7-17(24)8-6-16/h4-10,20-21H,11-13H2,1-3H3,(H,25,26)(H,27,28)/t20-,21+,23-/m0/s1. The van der Waals surface area contributed by atoms with Crippen molar-refractivity contribution >= 4 is 23.5 Å². The van der Waals surface area contributed by atoms with Crippen LogP contribution in [0.3, 0.4) is 0 Å². The number of amides is 1. The van der Waals surface area contributed by atoms with E-state index in [0.29, 0.717) is 23.6 Å². The van der Waals surface area contributed by atoms with Crippen molar-refractivity contribution in [1.82, 2.24) is 5.32 Å². The number of hydrogen-bond donors (Lipinski definition) is 2. The molecule has 2 N–H and O–H groups in total. The van der Waals surface area contributed by atoms with Crippen molar-refractivity contribution in [3.63, 3.8) is 0 Å². The normalized spacial score (nSPS) is 23.6. The summed E-state index contributed by atoms with van der Waals surface area (Å²) in [6.45, 7) is 5.02. The molecule has 1 aliphatic heterocycles. The van der Waals surface area contributed by atoms with E-state index in [2.05, 4.69) is 5.32 Å². The van der Waals surface area contributed by atoms with Gasteiger partial charge in [-0.2, -0.15) is 0 Å². The Balaban J connectivity index is 1.98. The number of hydrogen-bond acceptors (Lipinski definition) is 4. The Bertz CT molecular complexity index is 930. The van der Waals surface area contributed by atoms with E-state index in [-0.39, 0.29) is 18.1 Å². The first-order chi connectivity index (χ1) is 14.1. The van der Waals surface area contributed by atoms with Gasteiger partial charge in [-0.3, -0.25) is 4.79 Å². The fraction of sp³-hybridized carbons (Fsp3) is 0.391. The van der Waals surface area contributed by atoms with Crippen LogP contribution in [0.1, 0.15) is 55.6 Å². The van der Waals surface area contributed by atoms with E-state index < -0.39 is 18.1 Å². The number of halogens is 1. The minimum atomic E-state index is -1.05. The molecule has 160 valence electrons. The van der Waals surface area contributed by atoms with Crippen molar-refractivity contribution in [2.45, 2.75) is 51.4 Å². The van der Waals surface area contributed by atoms with Crippen molar-refractivity contribution in [3.05, 3.63) is 64.2 Å². The van der Waals surface area contributed by atoms with Crippen LogP contribution < -0.4 is 10.1 Å². The van der Waals surface area contributed by atoms with E-state index in [1.54, 1.807) is 6.07 Å². The van der Waals surface area contributed by atoms with E-state index in [1.807, 2.05) is 50.2 Å². The van der Waals surface area contributed by atoms with Crippen molar-refractivity contribution in [2.75, 3.05) is 6.61 Å². The highest BCUT2D eigenvalue weighted by Gasteiger charge is 2.40. The molecule has 2 aromatic carbocycles. The van der Waals surface area contributed by atoms with Gasteiger partial charge in [-0.1, -0.05) is 35.4 Å². The number of aliphatic carboxylic acids is 1. The maximum Gasteiger partial charge on any atom is 0.341 e. The molecule has 1 amide bonds. The molecule has 0 saturated carbocycles. The smallest absolute Gasteiger partial charge is 0.341 e. The van der Waals surface area contributed by atoms with Crippen LogP contribution in [-0.2, 0) is 14.3 Å². The number of carboxylic acid groups (broad SMARTS) is 1. The zero-order chi connectivity index (χ0) is 21.9. The molecule has 7 heteroatoms. The first-order valence-corrected chi connectivity index (χ1v) is 10.2. The highest BCUT2D eigenvalue weighted by molar-refractivity contribution is 6.30. The third-order valence-electron chi connectivity index (χ3n) is 5.18. The molecule has 0 spiro atoms. The first-order valence-electron chi connectivity index (χ1n) is 9.80. The Kier molecular flexibility index (Phi) is 6.68. The second-order valence-electron chi connectivity index (χ2n) is 8.04. The quantitative estimate of drug-likeness (QED) is 0.698. The molecule has 0 unspecified atom stereocenters. The fourth-order valence-electron chi connectivity index (χ4n) is 3.97. The Morgan fingerprint density at radius 1 is 1.20 bits per heavy atom. The third kappa shape index (κ3) is 5.52. The predicted octanol–water partition coefficient (Wildman–Crippen LogP) is 4.60. The van der Waals surface area contributed by atoms with Gasteiger partial charge >= 0.3 is 5.97 Å². The van der Waals surface area contributed by atoms with Crippen molar-refractivity contribution < 1.29 is 24.2 Å². The Hall–Kier alpha value is -2.57. The van der Waals surface area contributed by atoms with Gasteiger partial charge in [-0.15, -0.1) is 0 Å².